The van der Waals surface area contributed by atoms with Crippen LogP contribution >= 0.6 is 0 Å². The van der Waals surface area contributed by atoms with Gasteiger partial charge in [-0.25, -0.2) is 0 Å². The first-order valence-corrected chi connectivity index (χ1v) is 13.5. The third-order valence-corrected chi connectivity index (χ3v) is 6.04. The van der Waals surface area contributed by atoms with Gasteiger partial charge in [-0.3, -0.25) is 5.32 Å². The number of nitrogens with one attached hydrogen (secondary N) is 1. The molecule has 1 atom stereocenters. The molecule has 0 saturated carbocycles. The highest BCUT2D eigenvalue weighted by atomic mass is 28.1. The summed E-state index contributed by atoms with van der Waals surface area (Å²) in [4.78, 5) is -1.97. The SMILES string of the molecule is CCCCCCCCCCCCCCCCCCNC(CC(C)(C)[SiH3])[N+](O)(O)O. The number of nitrogens with zero attached hydrogens (tertiary/aromatic N) is 1. The van der Waals surface area contributed by atoms with E-state index in [1.165, 1.54) is 89.9 Å². The van der Waals surface area contributed by atoms with Crippen molar-refractivity contribution in [3.8, 4) is 0 Å². The van der Waals surface area contributed by atoms with E-state index >= 15 is 0 Å². The van der Waals surface area contributed by atoms with Crippen molar-refractivity contribution < 1.29 is 20.6 Å². The number of hydrogen-bond acceptors (Lipinski definition) is 4. The summed E-state index contributed by atoms with van der Waals surface area (Å²) < 4.78 is 0. The van der Waals surface area contributed by atoms with Gasteiger partial charge in [-0.1, -0.05) is 117 Å². The van der Waals surface area contributed by atoms with Crippen LogP contribution in [-0.4, -0.2) is 43.5 Å². The van der Waals surface area contributed by atoms with Crippen molar-refractivity contribution in [3.63, 3.8) is 0 Å². The zero-order chi connectivity index (χ0) is 22.0. The minimum atomic E-state index is -1.97. The highest BCUT2D eigenvalue weighted by Crippen LogP contribution is 2.27. The predicted molar refractivity (Wildman–Crippen MR) is 126 cm³/mol. The van der Waals surface area contributed by atoms with E-state index in [-0.39, 0.29) is 5.04 Å². The van der Waals surface area contributed by atoms with Crippen molar-refractivity contribution >= 4 is 10.2 Å². The first kappa shape index (κ1) is 29.0. The van der Waals surface area contributed by atoms with Gasteiger partial charge in [-0.15, -0.1) is 15.6 Å². The van der Waals surface area contributed by atoms with E-state index < -0.39 is 11.1 Å². The van der Waals surface area contributed by atoms with Crippen LogP contribution in [0, 0.1) is 0 Å². The molecular weight excluding hydrogens is 380 g/mol. The van der Waals surface area contributed by atoms with Crippen molar-refractivity contribution in [3.05, 3.63) is 0 Å². The van der Waals surface area contributed by atoms with Gasteiger partial charge < -0.3 is 0 Å². The molecule has 5 nitrogen and oxygen atoms in total. The first-order chi connectivity index (χ1) is 13.7. The average molecular weight is 434 g/mol. The quantitative estimate of drug-likeness (QED) is 0.0580. The topological polar surface area (TPSA) is 72.7 Å². The lowest BCUT2D eigenvalue weighted by atomic mass is 10.0. The van der Waals surface area contributed by atoms with Crippen LogP contribution in [0.3, 0.4) is 0 Å². The molecule has 6 heteroatoms. The fourth-order valence-electron chi connectivity index (χ4n) is 3.84. The molecule has 0 aromatic rings. The van der Waals surface area contributed by atoms with Crippen molar-refractivity contribution in [2.75, 3.05) is 6.54 Å². The summed E-state index contributed by atoms with van der Waals surface area (Å²) in [5.74, 6) is 0. The number of unbranched alkanes of at least 4 members (excludes halogenated alkanes) is 15. The van der Waals surface area contributed by atoms with E-state index in [0.29, 0.717) is 13.0 Å². The van der Waals surface area contributed by atoms with E-state index in [4.69, 9.17) is 0 Å². The minimum Gasteiger partial charge on any atom is -0.260 e. The van der Waals surface area contributed by atoms with Crippen molar-refractivity contribution in [1.29, 1.82) is 0 Å². The number of rotatable bonds is 21. The summed E-state index contributed by atoms with van der Waals surface area (Å²) in [5, 5.41) is 31.6. The van der Waals surface area contributed by atoms with Gasteiger partial charge in [0.05, 0.1) is 0 Å². The van der Waals surface area contributed by atoms with Crippen LogP contribution in [0.5, 0.6) is 0 Å². The van der Waals surface area contributed by atoms with Gasteiger partial charge in [0, 0.05) is 23.2 Å². The Morgan fingerprint density at radius 3 is 1.34 bits per heavy atom. The molecule has 0 aliphatic rings. The fourth-order valence-corrected chi connectivity index (χ4v) is 4.23. The molecular formula is C23H53N2O3Si+. The molecule has 176 valence electrons. The Bertz CT molecular complexity index is 357. The van der Waals surface area contributed by atoms with Gasteiger partial charge in [0.2, 0.25) is 6.17 Å². The molecule has 4 N–H and O–H groups in total. The van der Waals surface area contributed by atoms with Gasteiger partial charge in [-0.05, 0) is 11.5 Å². The van der Waals surface area contributed by atoms with E-state index in [1.807, 2.05) is 0 Å². The van der Waals surface area contributed by atoms with Crippen LogP contribution in [-0.2, 0) is 0 Å². The van der Waals surface area contributed by atoms with Crippen LogP contribution in [0.25, 0.3) is 0 Å². The van der Waals surface area contributed by atoms with Crippen LogP contribution in [0.15, 0.2) is 0 Å². The van der Waals surface area contributed by atoms with Crippen LogP contribution in [0.4, 0.5) is 0 Å². The molecule has 0 aliphatic carbocycles. The fraction of sp³-hybridized carbons (Fsp3) is 1.00. The van der Waals surface area contributed by atoms with E-state index in [1.54, 1.807) is 0 Å². The Labute approximate surface area is 184 Å². The second-order valence-corrected chi connectivity index (χ2v) is 12.9. The summed E-state index contributed by atoms with van der Waals surface area (Å²) in [7, 11) is 0.938. The number of hydrogen-bond donors (Lipinski definition) is 4. The third-order valence-electron chi connectivity index (χ3n) is 5.63. The lowest BCUT2D eigenvalue weighted by molar-refractivity contribution is -1.38. The van der Waals surface area contributed by atoms with E-state index in [0.717, 1.165) is 23.1 Å². The Balaban J connectivity index is 3.42. The van der Waals surface area contributed by atoms with Crippen LogP contribution < -0.4 is 5.32 Å². The summed E-state index contributed by atoms with van der Waals surface area (Å²) in [6, 6.07) is 0. The van der Waals surface area contributed by atoms with Crippen molar-refractivity contribution in [1.82, 2.24) is 5.32 Å². The largest absolute Gasteiger partial charge is 0.260 e. The van der Waals surface area contributed by atoms with Gasteiger partial charge >= 0.3 is 0 Å². The van der Waals surface area contributed by atoms with Crippen molar-refractivity contribution in [2.45, 2.75) is 141 Å². The average Bonchev–Trinajstić information content (AvgIpc) is 2.61. The van der Waals surface area contributed by atoms with Gasteiger partial charge in [0.25, 0.3) is 0 Å². The summed E-state index contributed by atoms with van der Waals surface area (Å²) in [6.45, 7) is 7.15. The van der Waals surface area contributed by atoms with Crippen LogP contribution in [0.2, 0.25) is 5.04 Å². The van der Waals surface area contributed by atoms with E-state index in [9.17, 15) is 15.6 Å². The van der Waals surface area contributed by atoms with Gasteiger partial charge in [0.1, 0.15) is 4.97 Å². The highest BCUT2D eigenvalue weighted by Gasteiger charge is 2.36. The lowest BCUT2D eigenvalue weighted by Crippen LogP contribution is -2.56. The summed E-state index contributed by atoms with van der Waals surface area (Å²) in [5.41, 5.74) is 0. The predicted octanol–water partition coefficient (Wildman–Crippen LogP) is 6.10. The number of hydroxylamine groups is 3. The maximum absolute atomic E-state index is 9.48. The maximum Gasteiger partial charge on any atom is 0.240 e. The Hall–Kier alpha value is 0.0169. The summed E-state index contributed by atoms with van der Waals surface area (Å²) >= 11 is 0. The molecule has 0 aromatic heterocycles. The second-order valence-electron chi connectivity index (χ2n) is 10.2. The van der Waals surface area contributed by atoms with Gasteiger partial charge in [0.15, 0.2) is 0 Å². The number of quaternary nitrogens is 1. The normalized spacial score (nSPS) is 13.9. The molecule has 0 rings (SSSR count). The van der Waals surface area contributed by atoms with Gasteiger partial charge in [-0.2, -0.15) is 0 Å². The monoisotopic (exact) mass is 433 g/mol. The Morgan fingerprint density at radius 2 is 1.03 bits per heavy atom. The first-order valence-electron chi connectivity index (χ1n) is 12.5. The summed E-state index contributed by atoms with van der Waals surface area (Å²) in [6.07, 6.45) is 21.3. The molecule has 0 bridgehead atoms. The molecule has 1 unspecified atom stereocenters. The molecule has 0 aromatic carbocycles. The minimum absolute atomic E-state index is 0.0456. The standard InChI is InChI=1S/C23H53N2O3Si/c1-4-5-6-7-8-9-10-11-12-13-14-15-16-17-18-19-20-24-22(25(26,27)28)21-23(2,3)29/h22,24,26-28H,4-21H2,1-3,29H3/q+1. The molecule has 0 heterocycles. The molecule has 0 saturated heterocycles. The molecule has 0 spiro atoms. The Morgan fingerprint density at radius 1 is 0.690 bits per heavy atom. The smallest absolute Gasteiger partial charge is 0.240 e. The van der Waals surface area contributed by atoms with Crippen LogP contribution in [0.1, 0.15) is 130 Å². The molecule has 0 radical (unpaired) electrons. The highest BCUT2D eigenvalue weighted by molar-refractivity contribution is 6.14. The third kappa shape index (κ3) is 21.0. The molecule has 0 amide bonds. The zero-order valence-corrected chi connectivity index (χ0v) is 22.1. The molecule has 29 heavy (non-hydrogen) atoms. The van der Waals surface area contributed by atoms with E-state index in [2.05, 4.69) is 26.1 Å². The lowest BCUT2D eigenvalue weighted by Gasteiger charge is -2.29. The zero-order valence-electron chi connectivity index (χ0n) is 20.1. The van der Waals surface area contributed by atoms with Crippen molar-refractivity contribution in [2.24, 2.45) is 0 Å². The molecule has 0 fully saturated rings. The maximum atomic E-state index is 9.48. The second kappa shape index (κ2) is 17.7. The molecule has 0 aliphatic heterocycles. The Kier molecular flexibility index (Phi) is 17.7.